The molecule has 2 aromatic carbocycles. The zero-order valence-corrected chi connectivity index (χ0v) is 13.8. The summed E-state index contributed by atoms with van der Waals surface area (Å²) in [4.78, 5) is 0. The van der Waals surface area contributed by atoms with Gasteiger partial charge in [0, 0.05) is 10.4 Å². The van der Waals surface area contributed by atoms with Gasteiger partial charge in [0.2, 0.25) is 0 Å². The first kappa shape index (κ1) is 15.8. The van der Waals surface area contributed by atoms with E-state index in [1.807, 2.05) is 30.3 Å². The fraction of sp³-hybridized carbons (Fsp3) is 0.250. The van der Waals surface area contributed by atoms with E-state index in [0.29, 0.717) is 5.92 Å². The van der Waals surface area contributed by atoms with Crippen molar-refractivity contribution in [1.29, 1.82) is 0 Å². The number of hydrogen-bond donors (Lipinski definition) is 0. The smallest absolute Gasteiger partial charge is 0.142 e. The fourth-order valence-corrected chi connectivity index (χ4v) is 2.94. The monoisotopic (exact) mass is 374 g/mol. The van der Waals surface area contributed by atoms with Crippen molar-refractivity contribution in [3.63, 3.8) is 0 Å². The fourth-order valence-electron chi connectivity index (χ4n) is 2.16. The van der Waals surface area contributed by atoms with Crippen molar-refractivity contribution < 1.29 is 4.39 Å². The Morgan fingerprint density at radius 2 is 1.75 bits per heavy atom. The molecule has 0 fully saturated rings. The Labute approximate surface area is 137 Å². The van der Waals surface area contributed by atoms with Crippen LogP contribution in [0.5, 0.6) is 0 Å². The molecule has 1 unspecified atom stereocenters. The average molecular weight is 376 g/mol. The molecule has 2 rings (SSSR count). The summed E-state index contributed by atoms with van der Waals surface area (Å²) < 4.78 is 13.5. The van der Waals surface area contributed by atoms with Crippen molar-refractivity contribution in [2.45, 2.75) is 12.8 Å². The highest BCUT2D eigenvalue weighted by atomic mass is 79.9. The molecule has 0 saturated carbocycles. The van der Waals surface area contributed by atoms with E-state index in [2.05, 4.69) is 15.9 Å². The Bertz CT molecular complexity index is 586. The summed E-state index contributed by atoms with van der Waals surface area (Å²) in [6.45, 7) is 0. The minimum Gasteiger partial charge on any atom is -0.205 e. The van der Waals surface area contributed by atoms with Gasteiger partial charge in [-0.05, 0) is 48.1 Å². The van der Waals surface area contributed by atoms with Crippen LogP contribution in [0.3, 0.4) is 0 Å². The SMILES string of the molecule is Fc1cc(CC(CBr)Cc2ccccc2Cl)ccc1Cl. The third kappa shape index (κ3) is 4.21. The quantitative estimate of drug-likeness (QED) is 0.568. The second kappa shape index (κ2) is 7.44. The lowest BCUT2D eigenvalue weighted by atomic mass is 9.94. The highest BCUT2D eigenvalue weighted by Crippen LogP contribution is 2.24. The van der Waals surface area contributed by atoms with Gasteiger partial charge < -0.3 is 0 Å². The standard InChI is InChI=1S/C16H14BrCl2F/c17-10-12(8-13-3-1-2-4-14(13)18)7-11-5-6-15(19)16(20)9-11/h1-6,9,12H,7-8,10H2. The van der Waals surface area contributed by atoms with Gasteiger partial charge in [-0.2, -0.15) is 0 Å². The lowest BCUT2D eigenvalue weighted by Gasteiger charge is -2.15. The zero-order valence-electron chi connectivity index (χ0n) is 10.8. The van der Waals surface area contributed by atoms with Crippen LogP contribution < -0.4 is 0 Å². The Balaban J connectivity index is 2.09. The Kier molecular flexibility index (Phi) is 5.88. The molecular weight excluding hydrogens is 362 g/mol. The van der Waals surface area contributed by atoms with Crippen molar-refractivity contribution in [1.82, 2.24) is 0 Å². The molecule has 0 aliphatic rings. The van der Waals surface area contributed by atoms with Gasteiger partial charge in [0.1, 0.15) is 5.82 Å². The van der Waals surface area contributed by atoms with Crippen molar-refractivity contribution in [2.24, 2.45) is 5.92 Å². The second-order valence-corrected chi connectivity index (χ2v) is 6.23. The third-order valence-corrected chi connectivity index (χ3v) is 4.78. The molecule has 0 bridgehead atoms. The van der Waals surface area contributed by atoms with E-state index in [-0.39, 0.29) is 10.8 Å². The summed E-state index contributed by atoms with van der Waals surface area (Å²) in [6.07, 6.45) is 1.64. The minimum atomic E-state index is -0.366. The lowest BCUT2D eigenvalue weighted by Crippen LogP contribution is -2.10. The van der Waals surface area contributed by atoms with E-state index in [9.17, 15) is 4.39 Å². The van der Waals surface area contributed by atoms with Crippen LogP contribution in [0.4, 0.5) is 4.39 Å². The minimum absolute atomic E-state index is 0.162. The van der Waals surface area contributed by atoms with Crippen LogP contribution in [0.15, 0.2) is 42.5 Å². The van der Waals surface area contributed by atoms with E-state index in [1.165, 1.54) is 6.07 Å². The Morgan fingerprint density at radius 3 is 2.40 bits per heavy atom. The largest absolute Gasteiger partial charge is 0.205 e. The molecule has 0 nitrogen and oxygen atoms in total. The maximum absolute atomic E-state index is 13.5. The third-order valence-electron chi connectivity index (χ3n) is 3.19. The van der Waals surface area contributed by atoms with Crippen molar-refractivity contribution >= 4 is 39.1 Å². The molecule has 0 amide bonds. The number of hydrogen-bond acceptors (Lipinski definition) is 0. The Morgan fingerprint density at radius 1 is 1.00 bits per heavy atom. The first-order valence-corrected chi connectivity index (χ1v) is 8.21. The first-order chi connectivity index (χ1) is 9.60. The summed E-state index contributed by atoms with van der Waals surface area (Å²) >= 11 is 15.4. The summed E-state index contributed by atoms with van der Waals surface area (Å²) in [5, 5.41) is 1.78. The number of halogens is 4. The summed E-state index contributed by atoms with van der Waals surface area (Å²) in [7, 11) is 0. The van der Waals surface area contributed by atoms with E-state index < -0.39 is 0 Å². The maximum atomic E-state index is 13.5. The van der Waals surface area contributed by atoms with E-state index in [0.717, 1.165) is 34.3 Å². The van der Waals surface area contributed by atoms with Gasteiger partial charge in [0.05, 0.1) is 5.02 Å². The molecule has 2 aromatic rings. The van der Waals surface area contributed by atoms with Crippen molar-refractivity contribution in [3.05, 3.63) is 69.5 Å². The van der Waals surface area contributed by atoms with Gasteiger partial charge in [-0.3, -0.25) is 0 Å². The molecule has 20 heavy (non-hydrogen) atoms. The van der Waals surface area contributed by atoms with Gasteiger partial charge in [-0.25, -0.2) is 4.39 Å². The van der Waals surface area contributed by atoms with E-state index in [4.69, 9.17) is 23.2 Å². The molecule has 0 aromatic heterocycles. The van der Waals surface area contributed by atoms with Crippen LogP contribution in [0.25, 0.3) is 0 Å². The second-order valence-electron chi connectivity index (χ2n) is 4.77. The van der Waals surface area contributed by atoms with Gasteiger partial charge >= 0.3 is 0 Å². The van der Waals surface area contributed by atoms with E-state index in [1.54, 1.807) is 6.07 Å². The van der Waals surface area contributed by atoms with Crippen LogP contribution >= 0.6 is 39.1 Å². The maximum Gasteiger partial charge on any atom is 0.142 e. The highest BCUT2D eigenvalue weighted by molar-refractivity contribution is 9.09. The molecule has 0 radical (unpaired) electrons. The van der Waals surface area contributed by atoms with E-state index >= 15 is 0 Å². The van der Waals surface area contributed by atoms with Crippen LogP contribution in [0, 0.1) is 11.7 Å². The molecule has 0 aliphatic carbocycles. The predicted molar refractivity (Wildman–Crippen MR) is 87.6 cm³/mol. The van der Waals surface area contributed by atoms with Crippen LogP contribution in [0.1, 0.15) is 11.1 Å². The molecule has 0 N–H and O–H groups in total. The number of benzene rings is 2. The zero-order chi connectivity index (χ0) is 14.5. The van der Waals surface area contributed by atoms with Crippen molar-refractivity contribution in [3.8, 4) is 0 Å². The summed E-state index contributed by atoms with van der Waals surface area (Å²) in [6, 6.07) is 12.8. The van der Waals surface area contributed by atoms with Crippen LogP contribution in [-0.4, -0.2) is 5.33 Å². The highest BCUT2D eigenvalue weighted by Gasteiger charge is 2.12. The lowest BCUT2D eigenvalue weighted by molar-refractivity contribution is 0.583. The molecule has 0 saturated heterocycles. The van der Waals surface area contributed by atoms with Gasteiger partial charge in [-0.15, -0.1) is 0 Å². The molecule has 4 heteroatoms. The normalized spacial score (nSPS) is 12.4. The average Bonchev–Trinajstić information content (AvgIpc) is 2.44. The topological polar surface area (TPSA) is 0 Å². The van der Waals surface area contributed by atoms with Crippen molar-refractivity contribution in [2.75, 3.05) is 5.33 Å². The predicted octanol–water partition coefficient (Wildman–Crippen LogP) is 5.93. The number of rotatable bonds is 5. The molecule has 0 heterocycles. The van der Waals surface area contributed by atoms with Crippen LogP contribution in [-0.2, 0) is 12.8 Å². The summed E-state index contributed by atoms with van der Waals surface area (Å²) in [5.41, 5.74) is 2.07. The van der Waals surface area contributed by atoms with Gasteiger partial charge in [-0.1, -0.05) is 63.4 Å². The molecular formula is C16H14BrCl2F. The molecule has 0 spiro atoms. The van der Waals surface area contributed by atoms with Crippen LogP contribution in [0.2, 0.25) is 10.0 Å². The molecule has 0 aliphatic heterocycles. The summed E-state index contributed by atoms with van der Waals surface area (Å²) in [5.74, 6) is -0.00860. The first-order valence-electron chi connectivity index (χ1n) is 6.33. The molecule has 106 valence electrons. The number of alkyl halides is 1. The van der Waals surface area contributed by atoms with Gasteiger partial charge in [0.25, 0.3) is 0 Å². The Hall–Kier alpha value is -0.570. The molecule has 1 atom stereocenters. The van der Waals surface area contributed by atoms with Gasteiger partial charge in [0.15, 0.2) is 0 Å².